The van der Waals surface area contributed by atoms with Gasteiger partial charge in [-0.05, 0) is 51.0 Å². The first kappa shape index (κ1) is 33.1. The largest absolute Gasteiger partial charge is 0.382 e. The monoisotopic (exact) mass is 655 g/mol. The third-order valence-electron chi connectivity index (χ3n) is 7.58. The van der Waals surface area contributed by atoms with E-state index in [1.807, 2.05) is 0 Å². The van der Waals surface area contributed by atoms with Gasteiger partial charge in [0.15, 0.2) is 5.13 Å². The summed E-state index contributed by atoms with van der Waals surface area (Å²) in [6.07, 6.45) is 3.18. The van der Waals surface area contributed by atoms with Gasteiger partial charge in [0.25, 0.3) is 0 Å². The molecule has 0 bridgehead atoms. The summed E-state index contributed by atoms with van der Waals surface area (Å²) in [5.41, 5.74) is 6.08. The third-order valence-corrected chi connectivity index (χ3v) is 10.5. The Morgan fingerprint density at radius 1 is 1.12 bits per heavy atom. The Morgan fingerprint density at radius 2 is 1.77 bits per heavy atom. The molecule has 0 unspecified atom stereocenters. The van der Waals surface area contributed by atoms with Gasteiger partial charge >= 0.3 is 0 Å². The first-order chi connectivity index (χ1) is 20.0. The Morgan fingerprint density at radius 3 is 2.37 bits per heavy atom. The number of nitrogens with one attached hydrogen (secondary N) is 2. The second-order valence-corrected chi connectivity index (χ2v) is 13.9. The Bertz CT molecular complexity index is 1500. The Hall–Kier alpha value is -2.75. The van der Waals surface area contributed by atoms with E-state index < -0.39 is 33.0 Å². The molecule has 15 heteroatoms. The quantitative estimate of drug-likeness (QED) is 0.296. The highest BCUT2D eigenvalue weighted by molar-refractivity contribution is 7.89. The van der Waals surface area contributed by atoms with Gasteiger partial charge in [0.05, 0.1) is 5.56 Å². The van der Waals surface area contributed by atoms with Crippen LogP contribution < -0.4 is 16.4 Å². The fraction of sp³-hybridized carbons (Fsp3) is 0.464. The van der Waals surface area contributed by atoms with Gasteiger partial charge in [-0.2, -0.15) is 4.31 Å². The van der Waals surface area contributed by atoms with E-state index in [0.717, 1.165) is 55.2 Å². The lowest BCUT2D eigenvalue weighted by molar-refractivity contribution is 0.103. The summed E-state index contributed by atoms with van der Waals surface area (Å²) in [6.45, 7) is 7.74. The number of carbonyl (C=O) groups excluding carboxylic acids is 1. The SMILES string of the molecule is C[C@@H]1CN(CCc2ccc(S(=O)(=O)N3CCC(Nc4nc(N)c(C(=O)c5c(F)cccc5F)s4)CC3)cn2)C[C@H](C)N1.Cl. The lowest BCUT2D eigenvalue weighted by Gasteiger charge is -2.36. The number of benzene rings is 1. The number of sulfonamides is 1. The van der Waals surface area contributed by atoms with Crippen molar-refractivity contribution >= 4 is 50.5 Å². The molecule has 0 radical (unpaired) electrons. The smallest absolute Gasteiger partial charge is 0.244 e. The van der Waals surface area contributed by atoms with Gasteiger partial charge in [-0.1, -0.05) is 17.4 Å². The molecule has 2 fully saturated rings. The van der Waals surface area contributed by atoms with Crippen molar-refractivity contribution < 1.29 is 22.0 Å². The molecular weight excluding hydrogens is 620 g/mol. The van der Waals surface area contributed by atoms with E-state index in [0.29, 0.717) is 30.1 Å². The zero-order chi connectivity index (χ0) is 30.0. The molecule has 2 aliphatic rings. The van der Waals surface area contributed by atoms with Crippen molar-refractivity contribution in [2.45, 2.75) is 56.1 Å². The number of anilines is 2. The average molecular weight is 656 g/mol. The average Bonchev–Trinajstić information content (AvgIpc) is 3.31. The number of nitrogen functional groups attached to an aromatic ring is 1. The number of piperazine rings is 1. The first-order valence-electron chi connectivity index (χ1n) is 14.0. The standard InChI is InChI=1S/C28H35F2N7O3S2.ClH/c1-17-15-36(16-18(2)33-17)11-8-19-6-7-21(14-32-19)42(39,40)37-12-9-20(10-13-37)34-28-35-27(31)26(41-28)25(38)24-22(29)4-3-5-23(24)30;/h3-7,14,17-18,20,33H,8-13,15-16,31H2,1-2H3,(H,34,35);1H/t17-,18+;. The Balaban J connectivity index is 0.00000423. The van der Waals surface area contributed by atoms with Crippen LogP contribution in [0.2, 0.25) is 0 Å². The minimum absolute atomic E-state index is 0. The maximum Gasteiger partial charge on any atom is 0.244 e. The Kier molecular flexibility index (Phi) is 10.7. The molecular formula is C28H36ClF2N7O3S2. The fourth-order valence-corrected chi connectivity index (χ4v) is 7.88. The zero-order valence-electron chi connectivity index (χ0n) is 23.9. The predicted octanol–water partition coefficient (Wildman–Crippen LogP) is 3.54. The van der Waals surface area contributed by atoms with Crippen LogP contribution in [0.25, 0.3) is 0 Å². The van der Waals surface area contributed by atoms with Gasteiger partial charge < -0.3 is 16.4 Å². The number of pyridine rings is 1. The molecule has 2 atom stereocenters. The number of hydrogen-bond donors (Lipinski definition) is 3. The first-order valence-corrected chi connectivity index (χ1v) is 16.2. The van der Waals surface area contributed by atoms with Crippen molar-refractivity contribution in [1.82, 2.24) is 24.5 Å². The summed E-state index contributed by atoms with van der Waals surface area (Å²) in [6, 6.07) is 7.36. The maximum absolute atomic E-state index is 14.1. The van der Waals surface area contributed by atoms with Crippen molar-refractivity contribution in [3.8, 4) is 0 Å². The van der Waals surface area contributed by atoms with E-state index in [4.69, 9.17) is 5.73 Å². The highest BCUT2D eigenvalue weighted by atomic mass is 35.5. The second kappa shape index (κ2) is 13.9. The van der Waals surface area contributed by atoms with E-state index in [-0.39, 0.29) is 47.1 Å². The summed E-state index contributed by atoms with van der Waals surface area (Å²) >= 11 is 0.915. The van der Waals surface area contributed by atoms with Gasteiger partial charge in [0, 0.05) is 69.2 Å². The summed E-state index contributed by atoms with van der Waals surface area (Å²) in [4.78, 5) is 23.9. The fourth-order valence-electron chi connectivity index (χ4n) is 5.56. The van der Waals surface area contributed by atoms with Crippen LogP contribution in [0.3, 0.4) is 0 Å². The number of aromatic nitrogens is 2. The number of nitrogens with two attached hydrogens (primary N) is 1. The summed E-state index contributed by atoms with van der Waals surface area (Å²) in [5, 5.41) is 7.04. The second-order valence-electron chi connectivity index (χ2n) is 10.9. The zero-order valence-corrected chi connectivity index (χ0v) is 26.4. The third kappa shape index (κ3) is 7.67. The van der Waals surface area contributed by atoms with Crippen LogP contribution in [-0.2, 0) is 16.4 Å². The van der Waals surface area contributed by atoms with Gasteiger partial charge in [-0.25, -0.2) is 22.2 Å². The molecule has 4 N–H and O–H groups in total. The number of rotatable bonds is 9. The molecule has 2 saturated heterocycles. The van der Waals surface area contributed by atoms with E-state index >= 15 is 0 Å². The highest BCUT2D eigenvalue weighted by Crippen LogP contribution is 2.31. The lowest BCUT2D eigenvalue weighted by atomic mass is 10.1. The number of hydrogen-bond acceptors (Lipinski definition) is 10. The molecule has 10 nitrogen and oxygen atoms in total. The molecule has 0 spiro atoms. The molecule has 1 aromatic carbocycles. The number of halogens is 3. The van der Waals surface area contributed by atoms with E-state index in [1.54, 1.807) is 12.1 Å². The van der Waals surface area contributed by atoms with Gasteiger partial charge in [0.1, 0.15) is 27.2 Å². The van der Waals surface area contributed by atoms with Crippen LogP contribution >= 0.6 is 23.7 Å². The topological polar surface area (TPSA) is 134 Å². The number of piperidine rings is 1. The van der Waals surface area contributed by atoms with Gasteiger partial charge in [-0.3, -0.25) is 14.7 Å². The molecule has 2 aliphatic heterocycles. The predicted molar refractivity (Wildman–Crippen MR) is 165 cm³/mol. The number of ketones is 1. The summed E-state index contributed by atoms with van der Waals surface area (Å²) < 4.78 is 56.2. The van der Waals surface area contributed by atoms with Crippen molar-refractivity contribution in [3.63, 3.8) is 0 Å². The molecule has 2 aromatic heterocycles. The molecule has 5 rings (SSSR count). The number of carbonyl (C=O) groups is 1. The summed E-state index contributed by atoms with van der Waals surface area (Å²) in [5.74, 6) is -2.94. The van der Waals surface area contributed by atoms with Gasteiger partial charge in [-0.15, -0.1) is 12.4 Å². The number of thiazole rings is 1. The van der Waals surface area contributed by atoms with Crippen LogP contribution in [0.5, 0.6) is 0 Å². The van der Waals surface area contributed by atoms with Crippen LogP contribution in [0, 0.1) is 11.6 Å². The molecule has 0 aliphatic carbocycles. The van der Waals surface area contributed by atoms with Crippen LogP contribution in [0.4, 0.5) is 19.7 Å². The van der Waals surface area contributed by atoms with Gasteiger partial charge in [0.2, 0.25) is 15.8 Å². The normalized spacial score (nSPS) is 20.5. The minimum Gasteiger partial charge on any atom is -0.382 e. The molecule has 4 heterocycles. The van der Waals surface area contributed by atoms with Crippen molar-refractivity contribution in [3.05, 3.63) is 64.3 Å². The van der Waals surface area contributed by atoms with Crippen molar-refractivity contribution in [1.29, 1.82) is 0 Å². The van der Waals surface area contributed by atoms with E-state index in [1.165, 1.54) is 16.6 Å². The molecule has 234 valence electrons. The van der Waals surface area contributed by atoms with Crippen molar-refractivity contribution in [2.24, 2.45) is 0 Å². The van der Waals surface area contributed by atoms with E-state index in [2.05, 4.69) is 39.3 Å². The van der Waals surface area contributed by atoms with Crippen LogP contribution in [0.1, 0.15) is 47.6 Å². The molecule has 3 aromatic rings. The number of nitrogens with zero attached hydrogens (tertiary/aromatic N) is 4. The maximum atomic E-state index is 14.1. The van der Waals surface area contributed by atoms with Crippen LogP contribution in [-0.4, -0.2) is 84.2 Å². The van der Waals surface area contributed by atoms with Crippen LogP contribution in [0.15, 0.2) is 41.4 Å². The highest BCUT2D eigenvalue weighted by Gasteiger charge is 2.31. The Labute approximate surface area is 260 Å². The molecule has 0 saturated carbocycles. The molecule has 0 amide bonds. The van der Waals surface area contributed by atoms with E-state index in [9.17, 15) is 22.0 Å². The molecule has 43 heavy (non-hydrogen) atoms. The summed E-state index contributed by atoms with van der Waals surface area (Å²) in [7, 11) is -3.70. The lowest BCUT2D eigenvalue weighted by Crippen LogP contribution is -2.54. The minimum atomic E-state index is -3.70. The van der Waals surface area contributed by atoms with Crippen molar-refractivity contribution in [2.75, 3.05) is 43.8 Å².